The smallest absolute Gasteiger partial charge is 0.0717 e. The van der Waals surface area contributed by atoms with E-state index in [1.54, 1.807) is 0 Å². The summed E-state index contributed by atoms with van der Waals surface area (Å²) in [6.45, 7) is 1.44. The summed E-state index contributed by atoms with van der Waals surface area (Å²) < 4.78 is 5.77. The number of ether oxygens (including phenoxy) is 1. The van der Waals surface area contributed by atoms with E-state index in [4.69, 9.17) is 4.74 Å². The quantitative estimate of drug-likeness (QED) is 0.611. The summed E-state index contributed by atoms with van der Waals surface area (Å²) >= 11 is 0. The molecule has 0 bridgehead atoms. The standard InChI is InChI=1S/C19H18O/c1-2-7-16(8-3-1)15-20-14-13-18-11-6-10-17-9-4-5-12-19(17)18/h1-12H,13-15H2. The van der Waals surface area contributed by atoms with Crippen molar-refractivity contribution in [1.82, 2.24) is 0 Å². The van der Waals surface area contributed by atoms with E-state index in [1.165, 1.54) is 21.9 Å². The fourth-order valence-electron chi connectivity index (χ4n) is 2.46. The van der Waals surface area contributed by atoms with Crippen LogP contribution in [0.25, 0.3) is 10.8 Å². The third kappa shape index (κ3) is 3.06. The van der Waals surface area contributed by atoms with Gasteiger partial charge in [-0.15, -0.1) is 0 Å². The van der Waals surface area contributed by atoms with E-state index in [0.717, 1.165) is 13.0 Å². The number of fused-ring (bicyclic) bond motifs is 1. The molecule has 0 spiro atoms. The first-order valence-electron chi connectivity index (χ1n) is 7.02. The summed E-state index contributed by atoms with van der Waals surface area (Å²) in [6, 6.07) is 25.3. The Bertz CT molecular complexity index is 668. The van der Waals surface area contributed by atoms with Crippen molar-refractivity contribution < 1.29 is 4.74 Å². The van der Waals surface area contributed by atoms with E-state index in [9.17, 15) is 0 Å². The molecule has 0 heterocycles. The summed E-state index contributed by atoms with van der Waals surface area (Å²) in [5, 5.41) is 2.63. The van der Waals surface area contributed by atoms with Gasteiger partial charge >= 0.3 is 0 Å². The van der Waals surface area contributed by atoms with Gasteiger partial charge in [-0.2, -0.15) is 0 Å². The number of benzene rings is 3. The Kier molecular flexibility index (Phi) is 4.10. The Labute approximate surface area is 119 Å². The molecule has 20 heavy (non-hydrogen) atoms. The molecule has 0 aromatic heterocycles. The molecule has 0 N–H and O–H groups in total. The van der Waals surface area contributed by atoms with Crippen molar-refractivity contribution in [3.8, 4) is 0 Å². The largest absolute Gasteiger partial charge is 0.376 e. The van der Waals surface area contributed by atoms with Crippen LogP contribution in [0.2, 0.25) is 0 Å². The van der Waals surface area contributed by atoms with Crippen LogP contribution in [0.15, 0.2) is 72.8 Å². The normalized spacial score (nSPS) is 10.8. The monoisotopic (exact) mass is 262 g/mol. The second-order valence-electron chi connectivity index (χ2n) is 4.93. The minimum atomic E-state index is 0.686. The molecule has 0 saturated heterocycles. The third-order valence-electron chi connectivity index (χ3n) is 3.51. The summed E-state index contributed by atoms with van der Waals surface area (Å²) in [5.74, 6) is 0. The number of hydrogen-bond acceptors (Lipinski definition) is 1. The zero-order valence-electron chi connectivity index (χ0n) is 11.5. The molecule has 0 radical (unpaired) electrons. The average molecular weight is 262 g/mol. The molecular weight excluding hydrogens is 244 g/mol. The van der Waals surface area contributed by atoms with Gasteiger partial charge in [0.2, 0.25) is 0 Å². The van der Waals surface area contributed by atoms with E-state index in [0.29, 0.717) is 6.61 Å². The fourth-order valence-corrected chi connectivity index (χ4v) is 2.46. The van der Waals surface area contributed by atoms with Crippen molar-refractivity contribution in [3.05, 3.63) is 83.9 Å². The molecule has 0 aliphatic rings. The van der Waals surface area contributed by atoms with Crippen molar-refractivity contribution in [2.75, 3.05) is 6.61 Å². The van der Waals surface area contributed by atoms with Crippen molar-refractivity contribution in [2.45, 2.75) is 13.0 Å². The van der Waals surface area contributed by atoms with Gasteiger partial charge < -0.3 is 4.74 Å². The second-order valence-corrected chi connectivity index (χ2v) is 4.93. The van der Waals surface area contributed by atoms with Crippen LogP contribution < -0.4 is 0 Å². The lowest BCUT2D eigenvalue weighted by atomic mass is 10.0. The molecule has 100 valence electrons. The Balaban J connectivity index is 1.60. The van der Waals surface area contributed by atoms with Crippen LogP contribution >= 0.6 is 0 Å². The molecule has 0 saturated carbocycles. The summed E-state index contributed by atoms with van der Waals surface area (Å²) in [7, 11) is 0. The topological polar surface area (TPSA) is 9.23 Å². The maximum Gasteiger partial charge on any atom is 0.0717 e. The highest BCUT2D eigenvalue weighted by Crippen LogP contribution is 2.18. The predicted octanol–water partition coefficient (Wildman–Crippen LogP) is 4.60. The molecule has 3 aromatic rings. The van der Waals surface area contributed by atoms with Crippen LogP contribution in [0, 0.1) is 0 Å². The van der Waals surface area contributed by atoms with Crippen molar-refractivity contribution >= 4 is 10.8 Å². The van der Waals surface area contributed by atoms with Gasteiger partial charge in [-0.1, -0.05) is 72.8 Å². The van der Waals surface area contributed by atoms with Gasteiger partial charge in [0.05, 0.1) is 13.2 Å². The molecule has 0 unspecified atom stereocenters. The van der Waals surface area contributed by atoms with Gasteiger partial charge in [0, 0.05) is 0 Å². The van der Waals surface area contributed by atoms with E-state index < -0.39 is 0 Å². The lowest BCUT2D eigenvalue weighted by molar-refractivity contribution is 0.124. The van der Waals surface area contributed by atoms with E-state index in [-0.39, 0.29) is 0 Å². The average Bonchev–Trinajstić information content (AvgIpc) is 2.53. The van der Waals surface area contributed by atoms with Crippen LogP contribution in [-0.2, 0) is 17.8 Å². The Morgan fingerprint density at radius 2 is 1.45 bits per heavy atom. The predicted molar refractivity (Wildman–Crippen MR) is 83.8 cm³/mol. The van der Waals surface area contributed by atoms with Crippen LogP contribution in [0.3, 0.4) is 0 Å². The van der Waals surface area contributed by atoms with E-state index in [1.807, 2.05) is 18.2 Å². The lowest BCUT2D eigenvalue weighted by Crippen LogP contribution is -1.99. The van der Waals surface area contributed by atoms with E-state index in [2.05, 4.69) is 54.6 Å². The van der Waals surface area contributed by atoms with Crippen LogP contribution in [0.5, 0.6) is 0 Å². The first-order chi connectivity index (χ1) is 9.93. The van der Waals surface area contributed by atoms with Crippen LogP contribution in [0.1, 0.15) is 11.1 Å². The Morgan fingerprint density at radius 1 is 0.700 bits per heavy atom. The van der Waals surface area contributed by atoms with Gasteiger partial charge in [0.25, 0.3) is 0 Å². The lowest BCUT2D eigenvalue weighted by Gasteiger charge is -2.07. The van der Waals surface area contributed by atoms with Gasteiger partial charge in [0.15, 0.2) is 0 Å². The molecule has 3 aromatic carbocycles. The molecule has 0 amide bonds. The molecule has 0 aliphatic carbocycles. The summed E-state index contributed by atoms with van der Waals surface area (Å²) in [6.07, 6.45) is 0.953. The molecule has 0 atom stereocenters. The molecule has 1 nitrogen and oxygen atoms in total. The molecule has 0 fully saturated rings. The SMILES string of the molecule is c1ccc(COCCc2cccc3ccccc23)cc1. The van der Waals surface area contributed by atoms with E-state index >= 15 is 0 Å². The molecular formula is C19H18O. The highest BCUT2D eigenvalue weighted by atomic mass is 16.5. The molecule has 0 aliphatic heterocycles. The van der Waals surface area contributed by atoms with Crippen molar-refractivity contribution in [2.24, 2.45) is 0 Å². The van der Waals surface area contributed by atoms with Crippen LogP contribution in [0.4, 0.5) is 0 Å². The zero-order chi connectivity index (χ0) is 13.6. The van der Waals surface area contributed by atoms with Gasteiger partial charge in [0.1, 0.15) is 0 Å². The Morgan fingerprint density at radius 3 is 2.35 bits per heavy atom. The second kappa shape index (κ2) is 6.36. The number of rotatable bonds is 5. The molecule has 3 rings (SSSR count). The fraction of sp³-hybridized carbons (Fsp3) is 0.158. The zero-order valence-corrected chi connectivity index (χ0v) is 11.5. The number of hydrogen-bond donors (Lipinski definition) is 0. The van der Waals surface area contributed by atoms with Gasteiger partial charge in [-0.25, -0.2) is 0 Å². The third-order valence-corrected chi connectivity index (χ3v) is 3.51. The van der Waals surface area contributed by atoms with Gasteiger partial charge in [-0.05, 0) is 28.3 Å². The summed E-state index contributed by atoms with van der Waals surface area (Å²) in [4.78, 5) is 0. The minimum Gasteiger partial charge on any atom is -0.376 e. The van der Waals surface area contributed by atoms with Crippen molar-refractivity contribution in [3.63, 3.8) is 0 Å². The van der Waals surface area contributed by atoms with Crippen LogP contribution in [-0.4, -0.2) is 6.61 Å². The Hall–Kier alpha value is -2.12. The minimum absolute atomic E-state index is 0.686. The highest BCUT2D eigenvalue weighted by Gasteiger charge is 2.00. The summed E-state index contributed by atoms with van der Waals surface area (Å²) in [5.41, 5.74) is 2.58. The molecule has 1 heteroatoms. The van der Waals surface area contributed by atoms with Crippen molar-refractivity contribution in [1.29, 1.82) is 0 Å². The maximum atomic E-state index is 5.77. The first kappa shape index (κ1) is 12.9. The highest BCUT2D eigenvalue weighted by molar-refractivity contribution is 5.85. The van der Waals surface area contributed by atoms with Gasteiger partial charge in [-0.3, -0.25) is 0 Å². The maximum absolute atomic E-state index is 5.77. The first-order valence-corrected chi connectivity index (χ1v) is 7.02.